The van der Waals surface area contributed by atoms with Crippen molar-refractivity contribution in [3.63, 3.8) is 0 Å². The lowest BCUT2D eigenvalue weighted by molar-refractivity contribution is -0.118. The van der Waals surface area contributed by atoms with E-state index >= 15 is 0 Å². The first-order chi connectivity index (χ1) is 8.75. The van der Waals surface area contributed by atoms with Crippen LogP contribution in [0.3, 0.4) is 0 Å². The third-order valence-corrected chi connectivity index (χ3v) is 3.75. The Morgan fingerprint density at radius 2 is 2.00 bits per heavy atom. The summed E-state index contributed by atoms with van der Waals surface area (Å²) in [5, 5.41) is 0. The summed E-state index contributed by atoms with van der Waals surface area (Å²) in [5.41, 5.74) is 1.35. The Morgan fingerprint density at radius 3 is 2.72 bits per heavy atom. The van der Waals surface area contributed by atoms with E-state index in [0.29, 0.717) is 18.2 Å². The maximum absolute atomic E-state index is 11.4. The molecule has 1 aliphatic rings. The van der Waals surface area contributed by atoms with E-state index in [1.165, 1.54) is 31.2 Å². The topological polar surface area (TPSA) is 20.3 Å². The number of Topliss-reactive ketones (excluding diaryl/α,β-unsaturated/α-hetero) is 1. The van der Waals surface area contributed by atoms with Crippen LogP contribution in [-0.4, -0.2) is 23.3 Å². The van der Waals surface area contributed by atoms with Gasteiger partial charge in [-0.05, 0) is 31.9 Å². The molecule has 1 fully saturated rings. The van der Waals surface area contributed by atoms with Crippen LogP contribution < -0.4 is 0 Å². The summed E-state index contributed by atoms with van der Waals surface area (Å²) < 4.78 is 0. The quantitative estimate of drug-likeness (QED) is 0.810. The molecule has 0 amide bonds. The number of likely N-dealkylation sites (tertiary alicyclic amines) is 1. The Hall–Kier alpha value is -1.15. The summed E-state index contributed by atoms with van der Waals surface area (Å²) in [6.45, 7) is 3.83. The van der Waals surface area contributed by atoms with Crippen LogP contribution in [0.1, 0.15) is 44.6 Å². The monoisotopic (exact) mass is 245 g/mol. The molecule has 0 saturated carbocycles. The molecule has 1 aromatic rings. The number of nitrogens with zero attached hydrogens (tertiary/aromatic N) is 1. The highest BCUT2D eigenvalue weighted by Crippen LogP contribution is 2.21. The van der Waals surface area contributed by atoms with Crippen LogP contribution >= 0.6 is 0 Å². The molecule has 0 bridgehead atoms. The molecule has 1 aromatic carbocycles. The van der Waals surface area contributed by atoms with Crippen LogP contribution in [0.4, 0.5) is 0 Å². The number of hydrogen-bond donors (Lipinski definition) is 0. The van der Waals surface area contributed by atoms with Crippen molar-refractivity contribution in [2.24, 2.45) is 0 Å². The first kappa shape index (κ1) is 13.3. The van der Waals surface area contributed by atoms with Gasteiger partial charge in [-0.1, -0.05) is 43.2 Å². The Morgan fingerprint density at radius 1 is 1.22 bits per heavy atom. The fourth-order valence-electron chi connectivity index (χ4n) is 2.83. The summed E-state index contributed by atoms with van der Waals surface area (Å²) in [4.78, 5) is 13.9. The van der Waals surface area contributed by atoms with Gasteiger partial charge in [0.25, 0.3) is 0 Å². The predicted octanol–water partition coefficient (Wildman–Crippen LogP) is 3.41. The summed E-state index contributed by atoms with van der Waals surface area (Å²) >= 11 is 0. The van der Waals surface area contributed by atoms with E-state index in [-0.39, 0.29) is 0 Å². The molecule has 1 saturated heterocycles. The number of benzene rings is 1. The van der Waals surface area contributed by atoms with E-state index in [9.17, 15) is 4.79 Å². The Kier molecular flexibility index (Phi) is 4.94. The zero-order chi connectivity index (χ0) is 12.8. The molecule has 0 aromatic heterocycles. The first-order valence-corrected chi connectivity index (χ1v) is 7.03. The highest BCUT2D eigenvalue weighted by Gasteiger charge is 2.22. The van der Waals surface area contributed by atoms with Crippen LogP contribution in [-0.2, 0) is 11.3 Å². The highest BCUT2D eigenvalue weighted by atomic mass is 16.1. The normalized spacial score (nSPS) is 21.5. The number of ketones is 1. The van der Waals surface area contributed by atoms with Crippen molar-refractivity contribution in [3.05, 3.63) is 35.9 Å². The number of hydrogen-bond acceptors (Lipinski definition) is 2. The average molecular weight is 245 g/mol. The van der Waals surface area contributed by atoms with Crippen LogP contribution in [0.25, 0.3) is 0 Å². The number of carbonyl (C=O) groups is 1. The molecule has 1 unspecified atom stereocenters. The molecule has 1 aliphatic heterocycles. The summed E-state index contributed by atoms with van der Waals surface area (Å²) in [7, 11) is 0. The Labute approximate surface area is 110 Å². The Balaban J connectivity index is 2.03. The molecule has 18 heavy (non-hydrogen) atoms. The van der Waals surface area contributed by atoms with Gasteiger partial charge in [-0.25, -0.2) is 0 Å². The smallest absolute Gasteiger partial charge is 0.131 e. The average Bonchev–Trinajstić information content (AvgIpc) is 2.56. The Bertz CT molecular complexity index is 374. The maximum Gasteiger partial charge on any atom is 0.131 e. The SMILES string of the molecule is CC(=O)CC1CCCCCN1Cc1ccccc1. The summed E-state index contributed by atoms with van der Waals surface area (Å²) in [6, 6.07) is 11.0. The fourth-order valence-corrected chi connectivity index (χ4v) is 2.83. The van der Waals surface area contributed by atoms with Gasteiger partial charge in [0.05, 0.1) is 0 Å². The van der Waals surface area contributed by atoms with E-state index in [1.807, 2.05) is 0 Å². The van der Waals surface area contributed by atoms with Gasteiger partial charge in [0, 0.05) is 19.0 Å². The lowest BCUT2D eigenvalue weighted by Crippen LogP contribution is -2.35. The standard InChI is InChI=1S/C16H23NO/c1-14(18)12-16-10-6-3-7-11-17(16)13-15-8-4-2-5-9-15/h2,4-5,8-9,16H,3,6-7,10-13H2,1H3. The number of carbonyl (C=O) groups excluding carboxylic acids is 1. The van der Waals surface area contributed by atoms with Crippen molar-refractivity contribution in [2.75, 3.05) is 6.54 Å². The van der Waals surface area contributed by atoms with Crippen LogP contribution in [0.15, 0.2) is 30.3 Å². The first-order valence-electron chi connectivity index (χ1n) is 7.03. The van der Waals surface area contributed by atoms with Crippen molar-refractivity contribution in [2.45, 2.75) is 51.6 Å². The van der Waals surface area contributed by atoms with Gasteiger partial charge in [0.2, 0.25) is 0 Å². The lowest BCUT2D eigenvalue weighted by Gasteiger charge is -2.29. The van der Waals surface area contributed by atoms with Crippen LogP contribution in [0, 0.1) is 0 Å². The number of rotatable bonds is 4. The molecule has 98 valence electrons. The summed E-state index contributed by atoms with van der Waals surface area (Å²) in [6.07, 6.45) is 5.73. The van der Waals surface area contributed by atoms with E-state index < -0.39 is 0 Å². The molecule has 1 atom stereocenters. The van der Waals surface area contributed by atoms with Crippen molar-refractivity contribution in [1.29, 1.82) is 0 Å². The minimum Gasteiger partial charge on any atom is -0.300 e. The van der Waals surface area contributed by atoms with E-state index in [2.05, 4.69) is 35.2 Å². The van der Waals surface area contributed by atoms with E-state index in [0.717, 1.165) is 13.1 Å². The molecule has 0 spiro atoms. The molecule has 0 N–H and O–H groups in total. The van der Waals surface area contributed by atoms with Crippen molar-refractivity contribution >= 4 is 5.78 Å². The van der Waals surface area contributed by atoms with Gasteiger partial charge in [-0.3, -0.25) is 9.69 Å². The predicted molar refractivity (Wildman–Crippen MR) is 74.4 cm³/mol. The second kappa shape index (κ2) is 6.69. The molecule has 2 rings (SSSR count). The fraction of sp³-hybridized carbons (Fsp3) is 0.562. The van der Waals surface area contributed by atoms with E-state index in [4.69, 9.17) is 0 Å². The van der Waals surface area contributed by atoms with Gasteiger partial charge in [0.15, 0.2) is 0 Å². The minimum atomic E-state index is 0.319. The van der Waals surface area contributed by atoms with Crippen LogP contribution in [0.5, 0.6) is 0 Å². The van der Waals surface area contributed by atoms with Gasteiger partial charge in [-0.2, -0.15) is 0 Å². The van der Waals surface area contributed by atoms with Crippen LogP contribution in [0.2, 0.25) is 0 Å². The zero-order valence-corrected chi connectivity index (χ0v) is 11.3. The van der Waals surface area contributed by atoms with Crippen molar-refractivity contribution in [1.82, 2.24) is 4.90 Å². The second-order valence-corrected chi connectivity index (χ2v) is 5.37. The summed E-state index contributed by atoms with van der Waals surface area (Å²) in [5.74, 6) is 0.319. The third kappa shape index (κ3) is 3.95. The molecule has 2 heteroatoms. The molecule has 1 heterocycles. The van der Waals surface area contributed by atoms with E-state index in [1.54, 1.807) is 6.92 Å². The highest BCUT2D eigenvalue weighted by molar-refractivity contribution is 5.76. The molecular weight excluding hydrogens is 222 g/mol. The molecule has 0 radical (unpaired) electrons. The van der Waals surface area contributed by atoms with Gasteiger partial charge >= 0.3 is 0 Å². The van der Waals surface area contributed by atoms with Gasteiger partial charge in [-0.15, -0.1) is 0 Å². The minimum absolute atomic E-state index is 0.319. The van der Waals surface area contributed by atoms with Crippen molar-refractivity contribution < 1.29 is 4.79 Å². The van der Waals surface area contributed by atoms with Gasteiger partial charge < -0.3 is 0 Å². The molecular formula is C16H23NO. The van der Waals surface area contributed by atoms with Gasteiger partial charge in [0.1, 0.15) is 5.78 Å². The third-order valence-electron chi connectivity index (χ3n) is 3.75. The molecule has 2 nitrogen and oxygen atoms in total. The maximum atomic E-state index is 11.4. The second-order valence-electron chi connectivity index (χ2n) is 5.37. The zero-order valence-electron chi connectivity index (χ0n) is 11.3. The van der Waals surface area contributed by atoms with Crippen molar-refractivity contribution in [3.8, 4) is 0 Å². The molecule has 0 aliphatic carbocycles. The largest absolute Gasteiger partial charge is 0.300 e. The lowest BCUT2D eigenvalue weighted by atomic mass is 10.0.